The number of benzene rings is 1. The van der Waals surface area contributed by atoms with Crippen LogP contribution in [0, 0.1) is 0 Å². The van der Waals surface area contributed by atoms with Gasteiger partial charge in [0.1, 0.15) is 0 Å². The van der Waals surface area contributed by atoms with E-state index in [1.165, 1.54) is 23.6 Å². The van der Waals surface area contributed by atoms with E-state index >= 15 is 0 Å². The van der Waals surface area contributed by atoms with Gasteiger partial charge < -0.3 is 15.2 Å². The Hall–Kier alpha value is -1.56. The number of aromatic carboxylic acids is 1. The van der Waals surface area contributed by atoms with Crippen LogP contribution in [0.25, 0.3) is 0 Å². The van der Waals surface area contributed by atoms with Crippen molar-refractivity contribution in [2.24, 2.45) is 0 Å². The average Bonchev–Trinajstić information content (AvgIpc) is 2.76. The summed E-state index contributed by atoms with van der Waals surface area (Å²) in [6.07, 6.45) is 0. The van der Waals surface area contributed by atoms with Crippen molar-refractivity contribution < 1.29 is 14.7 Å². The Morgan fingerprint density at radius 1 is 1.16 bits per heavy atom. The van der Waals surface area contributed by atoms with Gasteiger partial charge in [-0.25, -0.2) is 0 Å². The number of amides is 1. The second kappa shape index (κ2) is 5.61. The fourth-order valence-corrected chi connectivity index (χ4v) is 2.72. The van der Waals surface area contributed by atoms with Crippen LogP contribution in [0.15, 0.2) is 29.6 Å². The first kappa shape index (κ1) is 13.9. The number of nitrogens with one attached hydrogen (secondary N) is 1. The Balaban J connectivity index is 2.31. The van der Waals surface area contributed by atoms with E-state index in [1.54, 1.807) is 6.07 Å². The van der Waals surface area contributed by atoms with E-state index in [0.29, 0.717) is 0 Å². The van der Waals surface area contributed by atoms with Crippen molar-refractivity contribution in [3.8, 4) is 0 Å². The predicted octanol–water partition coefficient (Wildman–Crippen LogP) is 2.67. The van der Waals surface area contributed by atoms with E-state index in [1.807, 2.05) is 0 Å². The maximum absolute atomic E-state index is 12.0. The number of anilines is 1. The molecule has 2 aromatic rings. The van der Waals surface area contributed by atoms with Crippen LogP contribution in [0.3, 0.4) is 0 Å². The first-order chi connectivity index (χ1) is 9.00. The molecule has 0 spiro atoms. The lowest BCUT2D eigenvalue weighted by atomic mass is 10.2. The second-order valence-corrected chi connectivity index (χ2v) is 5.23. The Kier molecular flexibility index (Phi) is 4.09. The summed E-state index contributed by atoms with van der Waals surface area (Å²) in [5.41, 5.74) is 0.257. The van der Waals surface area contributed by atoms with Gasteiger partial charge in [-0.3, -0.25) is 4.79 Å². The summed E-state index contributed by atoms with van der Waals surface area (Å²) < 4.78 is 0. The highest BCUT2D eigenvalue weighted by Crippen LogP contribution is 2.27. The number of carbonyl (C=O) groups is 2. The molecule has 7 heteroatoms. The zero-order chi connectivity index (χ0) is 14.0. The summed E-state index contributed by atoms with van der Waals surface area (Å²) in [6.45, 7) is 0. The molecule has 1 aromatic carbocycles. The number of thiophene rings is 1. The van der Waals surface area contributed by atoms with Crippen molar-refractivity contribution in [2.75, 3.05) is 5.32 Å². The van der Waals surface area contributed by atoms with E-state index < -0.39 is 11.9 Å². The van der Waals surface area contributed by atoms with E-state index in [9.17, 15) is 14.7 Å². The number of rotatable bonds is 3. The molecule has 0 saturated carbocycles. The van der Waals surface area contributed by atoms with Crippen molar-refractivity contribution >= 4 is 52.1 Å². The van der Waals surface area contributed by atoms with Crippen LogP contribution in [0.2, 0.25) is 10.0 Å². The van der Waals surface area contributed by atoms with Gasteiger partial charge in [-0.1, -0.05) is 29.3 Å². The first-order valence-electron chi connectivity index (χ1n) is 5.05. The van der Waals surface area contributed by atoms with Crippen LogP contribution >= 0.6 is 34.5 Å². The Morgan fingerprint density at radius 2 is 1.79 bits per heavy atom. The highest BCUT2D eigenvalue weighted by molar-refractivity contribution is 7.12. The molecule has 0 unspecified atom stereocenters. The maximum Gasteiger partial charge on any atom is 0.258 e. The molecule has 1 amide bonds. The van der Waals surface area contributed by atoms with Gasteiger partial charge in [-0.2, -0.15) is 0 Å². The number of carbonyl (C=O) groups excluding carboxylic acids is 2. The van der Waals surface area contributed by atoms with Crippen LogP contribution in [-0.2, 0) is 0 Å². The van der Waals surface area contributed by atoms with Crippen molar-refractivity contribution in [3.05, 3.63) is 50.1 Å². The third-order valence-electron chi connectivity index (χ3n) is 2.29. The van der Waals surface area contributed by atoms with Gasteiger partial charge in [0.05, 0.1) is 32.1 Å². The molecular weight excluding hydrogens is 309 g/mol. The second-order valence-electron chi connectivity index (χ2n) is 3.50. The summed E-state index contributed by atoms with van der Waals surface area (Å²) in [5.74, 6) is -1.92. The summed E-state index contributed by atoms with van der Waals surface area (Å²) in [4.78, 5) is 22.8. The number of halogens is 2. The summed E-state index contributed by atoms with van der Waals surface area (Å²) in [5, 5.41) is 15.2. The Morgan fingerprint density at radius 3 is 2.37 bits per heavy atom. The fraction of sp³-hybridized carbons (Fsp3) is 0. The van der Waals surface area contributed by atoms with Gasteiger partial charge in [0.25, 0.3) is 5.91 Å². The molecular formula is C12H6Cl2NO3S-. The van der Waals surface area contributed by atoms with Gasteiger partial charge in [0.2, 0.25) is 0 Å². The largest absolute Gasteiger partial charge is 0.544 e. The van der Waals surface area contributed by atoms with Gasteiger partial charge in [0.15, 0.2) is 0 Å². The number of carboxylic acids is 1. The molecule has 1 N–H and O–H groups in total. The quantitative estimate of drug-likeness (QED) is 0.947. The zero-order valence-electron chi connectivity index (χ0n) is 9.28. The normalized spacial score (nSPS) is 10.2. The van der Waals surface area contributed by atoms with Crippen molar-refractivity contribution in [3.63, 3.8) is 0 Å². The van der Waals surface area contributed by atoms with Crippen molar-refractivity contribution in [1.29, 1.82) is 0 Å². The topological polar surface area (TPSA) is 69.2 Å². The number of carboxylic acid groups (broad SMARTS) is 1. The molecule has 0 atom stereocenters. The van der Waals surface area contributed by atoms with Crippen molar-refractivity contribution in [1.82, 2.24) is 0 Å². The van der Waals surface area contributed by atoms with Gasteiger partial charge >= 0.3 is 0 Å². The number of hydrogen-bond acceptors (Lipinski definition) is 4. The summed E-state index contributed by atoms with van der Waals surface area (Å²) in [7, 11) is 0. The van der Waals surface area contributed by atoms with Gasteiger partial charge in [-0.05, 0) is 23.6 Å². The fourth-order valence-electron chi connectivity index (χ4n) is 1.47. The third kappa shape index (κ3) is 2.89. The predicted molar refractivity (Wildman–Crippen MR) is 73.1 cm³/mol. The molecule has 1 aromatic heterocycles. The minimum atomic E-state index is -1.35. The Bertz CT molecular complexity index is 634. The van der Waals surface area contributed by atoms with E-state index in [4.69, 9.17) is 23.2 Å². The standard InChI is InChI=1S/C12H7Cl2NO3S/c13-6-2-1-3-7(14)9(6)11(16)15-8-4-5-19-10(8)12(17)18/h1-5H,(H,15,16)(H,17,18)/p-1. The monoisotopic (exact) mass is 314 g/mol. The SMILES string of the molecule is O=C([O-])c1sccc1NC(=O)c1c(Cl)cccc1Cl. The van der Waals surface area contributed by atoms with Gasteiger partial charge in [0, 0.05) is 0 Å². The third-order valence-corrected chi connectivity index (χ3v) is 3.81. The van der Waals surface area contributed by atoms with E-state index in [0.717, 1.165) is 11.3 Å². The summed E-state index contributed by atoms with van der Waals surface area (Å²) in [6, 6.07) is 6.13. The van der Waals surface area contributed by atoms with Gasteiger partial charge in [-0.15, -0.1) is 11.3 Å². The minimum Gasteiger partial charge on any atom is -0.544 e. The van der Waals surface area contributed by atoms with Crippen LogP contribution < -0.4 is 10.4 Å². The smallest absolute Gasteiger partial charge is 0.258 e. The summed E-state index contributed by atoms with van der Waals surface area (Å²) >= 11 is 12.8. The first-order valence-corrected chi connectivity index (χ1v) is 6.68. The molecule has 0 aliphatic rings. The molecule has 19 heavy (non-hydrogen) atoms. The molecule has 98 valence electrons. The molecule has 4 nitrogen and oxygen atoms in total. The molecule has 0 radical (unpaired) electrons. The van der Waals surface area contributed by atoms with Crippen LogP contribution in [0.1, 0.15) is 20.0 Å². The number of hydrogen-bond donors (Lipinski definition) is 1. The lowest BCUT2D eigenvalue weighted by molar-refractivity contribution is -0.254. The Labute approximate surface area is 122 Å². The zero-order valence-corrected chi connectivity index (χ0v) is 11.6. The lowest BCUT2D eigenvalue weighted by Gasteiger charge is -2.09. The molecule has 0 aliphatic carbocycles. The molecule has 0 saturated heterocycles. The molecule has 2 rings (SSSR count). The molecule has 1 heterocycles. The maximum atomic E-state index is 12.0. The van der Waals surface area contributed by atoms with E-state index in [-0.39, 0.29) is 26.2 Å². The van der Waals surface area contributed by atoms with Crippen molar-refractivity contribution in [2.45, 2.75) is 0 Å². The van der Waals surface area contributed by atoms with Crippen LogP contribution in [0.5, 0.6) is 0 Å². The molecule has 0 fully saturated rings. The lowest BCUT2D eigenvalue weighted by Crippen LogP contribution is -2.23. The molecule has 0 bridgehead atoms. The highest BCUT2D eigenvalue weighted by Gasteiger charge is 2.16. The van der Waals surface area contributed by atoms with Crippen LogP contribution in [-0.4, -0.2) is 11.9 Å². The van der Waals surface area contributed by atoms with Crippen LogP contribution in [0.4, 0.5) is 5.69 Å². The minimum absolute atomic E-state index is 0.0588. The average molecular weight is 315 g/mol. The van der Waals surface area contributed by atoms with E-state index in [2.05, 4.69) is 5.32 Å². The molecule has 0 aliphatic heterocycles. The highest BCUT2D eigenvalue weighted by atomic mass is 35.5.